The van der Waals surface area contributed by atoms with Crippen LogP contribution in [0.5, 0.6) is 5.75 Å². The lowest BCUT2D eigenvalue weighted by Crippen LogP contribution is -2.30. The maximum Gasteiger partial charge on any atom is 0.120 e. The van der Waals surface area contributed by atoms with Crippen molar-refractivity contribution in [2.75, 3.05) is 13.1 Å². The number of benzene rings is 1. The lowest BCUT2D eigenvalue weighted by atomic mass is 9.92. The van der Waals surface area contributed by atoms with Crippen LogP contribution in [-0.2, 0) is 6.42 Å². The summed E-state index contributed by atoms with van der Waals surface area (Å²) in [5, 5.41) is 3.47. The van der Waals surface area contributed by atoms with Gasteiger partial charge in [-0.15, -0.1) is 0 Å². The van der Waals surface area contributed by atoms with Gasteiger partial charge in [-0.25, -0.2) is 0 Å². The number of ether oxygens (including phenoxy) is 1. The third-order valence-electron chi connectivity index (χ3n) is 3.27. The topological polar surface area (TPSA) is 21.3 Å². The molecule has 1 N–H and O–H groups in total. The first-order valence-electron chi connectivity index (χ1n) is 7.02. The predicted octanol–water partition coefficient (Wildman–Crippen LogP) is 3.41. The molecule has 0 spiro atoms. The Labute approximate surface area is 111 Å². The highest BCUT2D eigenvalue weighted by Gasteiger charge is 2.14. The molecule has 0 aromatic heterocycles. The van der Waals surface area contributed by atoms with E-state index in [2.05, 4.69) is 50.4 Å². The van der Waals surface area contributed by atoms with Gasteiger partial charge in [0.05, 0.1) is 0 Å². The number of hydrogen-bond donors (Lipinski definition) is 1. The standard InChI is InChI=1S/C16H25NO/c1-16(2,3)18-15-8-6-13(7-9-15)11-14-5-4-10-17-12-14/h6-9,14,17H,4-5,10-12H2,1-3H3/t14-/m1/s1. The molecule has 1 aliphatic rings. The Morgan fingerprint density at radius 1 is 1.22 bits per heavy atom. The van der Waals surface area contributed by atoms with E-state index in [1.165, 1.54) is 37.9 Å². The van der Waals surface area contributed by atoms with E-state index in [9.17, 15) is 0 Å². The number of hydrogen-bond acceptors (Lipinski definition) is 2. The van der Waals surface area contributed by atoms with Crippen LogP contribution in [0.15, 0.2) is 24.3 Å². The molecular formula is C16H25NO. The molecule has 1 heterocycles. The minimum Gasteiger partial charge on any atom is -0.488 e. The zero-order valence-electron chi connectivity index (χ0n) is 11.8. The first kappa shape index (κ1) is 13.4. The van der Waals surface area contributed by atoms with Crippen LogP contribution < -0.4 is 10.1 Å². The van der Waals surface area contributed by atoms with Crippen LogP contribution in [0, 0.1) is 5.92 Å². The average Bonchev–Trinajstić information content (AvgIpc) is 2.31. The molecule has 1 aromatic rings. The Morgan fingerprint density at radius 3 is 2.50 bits per heavy atom. The second kappa shape index (κ2) is 5.75. The summed E-state index contributed by atoms with van der Waals surface area (Å²) >= 11 is 0. The minimum absolute atomic E-state index is 0.116. The molecule has 18 heavy (non-hydrogen) atoms. The summed E-state index contributed by atoms with van der Waals surface area (Å²) in [5.41, 5.74) is 1.30. The van der Waals surface area contributed by atoms with E-state index >= 15 is 0 Å². The van der Waals surface area contributed by atoms with Crippen molar-refractivity contribution in [2.45, 2.75) is 45.6 Å². The van der Waals surface area contributed by atoms with Crippen LogP contribution in [-0.4, -0.2) is 18.7 Å². The average molecular weight is 247 g/mol. The summed E-state index contributed by atoms with van der Waals surface area (Å²) in [5.74, 6) is 1.76. The molecule has 0 radical (unpaired) electrons. The van der Waals surface area contributed by atoms with Crippen LogP contribution in [0.3, 0.4) is 0 Å². The normalized spacial score (nSPS) is 20.7. The largest absolute Gasteiger partial charge is 0.488 e. The van der Waals surface area contributed by atoms with E-state index in [1.807, 2.05) is 0 Å². The number of piperidine rings is 1. The molecule has 0 unspecified atom stereocenters. The van der Waals surface area contributed by atoms with Gasteiger partial charge in [0.25, 0.3) is 0 Å². The van der Waals surface area contributed by atoms with Crippen molar-refractivity contribution in [3.63, 3.8) is 0 Å². The lowest BCUT2D eigenvalue weighted by Gasteiger charge is -2.23. The third kappa shape index (κ3) is 4.34. The smallest absolute Gasteiger partial charge is 0.120 e. The van der Waals surface area contributed by atoms with E-state index in [0.29, 0.717) is 0 Å². The van der Waals surface area contributed by atoms with Gasteiger partial charge in [-0.2, -0.15) is 0 Å². The second-order valence-electron chi connectivity index (χ2n) is 6.27. The van der Waals surface area contributed by atoms with E-state index in [4.69, 9.17) is 4.74 Å². The van der Waals surface area contributed by atoms with Crippen LogP contribution in [0.2, 0.25) is 0 Å². The fraction of sp³-hybridized carbons (Fsp3) is 0.625. The van der Waals surface area contributed by atoms with Gasteiger partial charge in [-0.3, -0.25) is 0 Å². The Balaban J connectivity index is 1.90. The highest BCUT2D eigenvalue weighted by Crippen LogP contribution is 2.21. The van der Waals surface area contributed by atoms with E-state index < -0.39 is 0 Å². The van der Waals surface area contributed by atoms with Crippen molar-refractivity contribution in [2.24, 2.45) is 5.92 Å². The molecule has 1 fully saturated rings. The van der Waals surface area contributed by atoms with Crippen molar-refractivity contribution >= 4 is 0 Å². The van der Waals surface area contributed by atoms with Crippen molar-refractivity contribution in [3.8, 4) is 5.75 Å². The van der Waals surface area contributed by atoms with Gasteiger partial charge in [0, 0.05) is 0 Å². The van der Waals surface area contributed by atoms with Crippen molar-refractivity contribution in [3.05, 3.63) is 29.8 Å². The molecule has 100 valence electrons. The Kier molecular flexibility index (Phi) is 4.28. The summed E-state index contributed by atoms with van der Waals surface area (Å²) in [6.45, 7) is 8.59. The first-order chi connectivity index (χ1) is 8.53. The molecule has 2 nitrogen and oxygen atoms in total. The SMILES string of the molecule is CC(C)(C)Oc1ccc(C[C@H]2CCCNC2)cc1. The fourth-order valence-corrected chi connectivity index (χ4v) is 2.48. The zero-order valence-corrected chi connectivity index (χ0v) is 11.8. The van der Waals surface area contributed by atoms with Crippen molar-refractivity contribution < 1.29 is 4.74 Å². The Bertz CT molecular complexity index is 358. The maximum absolute atomic E-state index is 5.83. The van der Waals surface area contributed by atoms with Gasteiger partial charge in [-0.05, 0) is 76.7 Å². The van der Waals surface area contributed by atoms with Gasteiger partial charge < -0.3 is 10.1 Å². The molecule has 1 saturated heterocycles. The van der Waals surface area contributed by atoms with E-state index in [-0.39, 0.29) is 5.60 Å². The van der Waals surface area contributed by atoms with Gasteiger partial charge in [-0.1, -0.05) is 12.1 Å². The highest BCUT2D eigenvalue weighted by molar-refractivity contribution is 5.28. The summed E-state index contributed by atoms with van der Waals surface area (Å²) in [4.78, 5) is 0. The summed E-state index contributed by atoms with van der Waals surface area (Å²) in [6, 6.07) is 8.60. The zero-order chi connectivity index (χ0) is 13.0. The Morgan fingerprint density at radius 2 is 1.94 bits per heavy atom. The second-order valence-corrected chi connectivity index (χ2v) is 6.27. The monoisotopic (exact) mass is 247 g/mol. The molecule has 0 aliphatic carbocycles. The van der Waals surface area contributed by atoms with Crippen LogP contribution in [0.4, 0.5) is 0 Å². The minimum atomic E-state index is -0.116. The number of nitrogens with one attached hydrogen (secondary N) is 1. The fourth-order valence-electron chi connectivity index (χ4n) is 2.48. The molecule has 0 saturated carbocycles. The van der Waals surface area contributed by atoms with Crippen LogP contribution >= 0.6 is 0 Å². The maximum atomic E-state index is 5.83. The molecule has 1 aromatic carbocycles. The van der Waals surface area contributed by atoms with Crippen LogP contribution in [0.25, 0.3) is 0 Å². The highest BCUT2D eigenvalue weighted by atomic mass is 16.5. The quantitative estimate of drug-likeness (QED) is 0.884. The predicted molar refractivity (Wildman–Crippen MR) is 76.1 cm³/mol. The summed E-state index contributed by atoms with van der Waals surface area (Å²) < 4.78 is 5.83. The molecule has 0 amide bonds. The lowest BCUT2D eigenvalue weighted by molar-refractivity contribution is 0.131. The van der Waals surface area contributed by atoms with E-state index in [1.54, 1.807) is 0 Å². The Hall–Kier alpha value is -1.02. The summed E-state index contributed by atoms with van der Waals surface area (Å²) in [7, 11) is 0. The molecule has 0 bridgehead atoms. The third-order valence-corrected chi connectivity index (χ3v) is 3.27. The van der Waals surface area contributed by atoms with Gasteiger partial charge in [0.1, 0.15) is 11.4 Å². The first-order valence-corrected chi connectivity index (χ1v) is 7.02. The van der Waals surface area contributed by atoms with Crippen molar-refractivity contribution in [1.82, 2.24) is 5.32 Å². The molecular weight excluding hydrogens is 222 g/mol. The van der Waals surface area contributed by atoms with Gasteiger partial charge in [0.15, 0.2) is 0 Å². The van der Waals surface area contributed by atoms with Gasteiger partial charge in [0.2, 0.25) is 0 Å². The molecule has 2 heteroatoms. The van der Waals surface area contributed by atoms with Crippen molar-refractivity contribution in [1.29, 1.82) is 0 Å². The molecule has 2 rings (SSSR count). The molecule has 1 atom stereocenters. The summed E-state index contributed by atoms with van der Waals surface area (Å²) in [6.07, 6.45) is 3.85. The molecule has 1 aliphatic heterocycles. The van der Waals surface area contributed by atoms with Gasteiger partial charge >= 0.3 is 0 Å². The number of rotatable bonds is 3. The van der Waals surface area contributed by atoms with Crippen LogP contribution in [0.1, 0.15) is 39.2 Å². The van der Waals surface area contributed by atoms with E-state index in [0.717, 1.165) is 11.7 Å².